The molecule has 0 radical (unpaired) electrons. The van der Waals surface area contributed by atoms with Crippen molar-refractivity contribution in [3.63, 3.8) is 0 Å². The number of aliphatic carboxylic acids is 1. The van der Waals surface area contributed by atoms with Gasteiger partial charge >= 0.3 is 5.97 Å². The Labute approximate surface area is 123 Å². The largest absolute Gasteiger partial charge is 0.481 e. The normalized spacial score (nSPS) is 16.7. The third-order valence-corrected chi connectivity index (χ3v) is 4.20. The number of aromatic nitrogens is 1. The number of carbonyl (C=O) groups is 2. The van der Waals surface area contributed by atoms with Crippen molar-refractivity contribution in [2.45, 2.75) is 39.5 Å². The number of carboxylic acid groups (broad SMARTS) is 1. The van der Waals surface area contributed by atoms with Crippen LogP contribution in [-0.2, 0) is 4.79 Å². The molecule has 0 spiro atoms. The Hall–Kier alpha value is -2.11. The summed E-state index contributed by atoms with van der Waals surface area (Å²) >= 11 is 0. The predicted molar refractivity (Wildman–Crippen MR) is 79.3 cm³/mol. The summed E-state index contributed by atoms with van der Waals surface area (Å²) in [6.45, 7) is 3.88. The number of primary amides is 1. The fourth-order valence-corrected chi connectivity index (χ4v) is 3.05. The number of anilines is 1. The number of aryl methyl sites for hydroxylation is 2. The maximum Gasteiger partial charge on any atom is 0.311 e. The molecule has 1 saturated carbocycles. The van der Waals surface area contributed by atoms with Crippen LogP contribution in [-0.4, -0.2) is 28.5 Å². The minimum atomic E-state index is -0.794. The molecule has 2 rings (SSSR count). The monoisotopic (exact) mass is 291 g/mol. The summed E-state index contributed by atoms with van der Waals surface area (Å²) in [5, 5.41) is 12.5. The lowest BCUT2D eigenvalue weighted by molar-refractivity contribution is -0.147. The summed E-state index contributed by atoms with van der Waals surface area (Å²) in [5.41, 5.74) is 6.47. The van der Waals surface area contributed by atoms with Crippen molar-refractivity contribution in [2.24, 2.45) is 11.1 Å². The number of rotatable bonds is 5. The average Bonchev–Trinajstić information content (AvgIpc) is 2.85. The second kappa shape index (κ2) is 5.71. The number of nitrogens with two attached hydrogens (primary N) is 1. The van der Waals surface area contributed by atoms with Crippen molar-refractivity contribution in [3.8, 4) is 0 Å². The van der Waals surface area contributed by atoms with Crippen molar-refractivity contribution in [3.05, 3.63) is 22.9 Å². The van der Waals surface area contributed by atoms with Gasteiger partial charge < -0.3 is 16.2 Å². The molecule has 1 aliphatic rings. The Kier molecular flexibility index (Phi) is 4.16. The van der Waals surface area contributed by atoms with Crippen LogP contribution in [0.1, 0.15) is 47.3 Å². The first-order valence-electron chi connectivity index (χ1n) is 7.11. The molecule has 1 amide bonds. The highest BCUT2D eigenvalue weighted by atomic mass is 16.4. The van der Waals surface area contributed by atoms with Gasteiger partial charge in [0.15, 0.2) is 0 Å². The number of nitrogens with one attached hydrogen (secondary N) is 1. The van der Waals surface area contributed by atoms with E-state index in [0.717, 1.165) is 24.1 Å². The van der Waals surface area contributed by atoms with Crippen LogP contribution in [0.2, 0.25) is 0 Å². The van der Waals surface area contributed by atoms with Gasteiger partial charge in [0, 0.05) is 12.2 Å². The molecular weight excluding hydrogens is 270 g/mol. The lowest BCUT2D eigenvalue weighted by atomic mass is 9.86. The van der Waals surface area contributed by atoms with Crippen LogP contribution in [0, 0.1) is 19.3 Å². The molecule has 0 aromatic carbocycles. The van der Waals surface area contributed by atoms with Gasteiger partial charge in [0.1, 0.15) is 5.82 Å². The van der Waals surface area contributed by atoms with Gasteiger partial charge in [-0.25, -0.2) is 4.98 Å². The molecule has 0 atom stereocenters. The Morgan fingerprint density at radius 2 is 2.00 bits per heavy atom. The molecule has 0 unspecified atom stereocenters. The van der Waals surface area contributed by atoms with Crippen molar-refractivity contribution in [1.82, 2.24) is 4.98 Å². The van der Waals surface area contributed by atoms with E-state index >= 15 is 0 Å². The second-order valence-corrected chi connectivity index (χ2v) is 5.81. The summed E-state index contributed by atoms with van der Waals surface area (Å²) in [4.78, 5) is 27.4. The maximum absolute atomic E-state index is 11.6. The molecule has 1 aliphatic carbocycles. The van der Waals surface area contributed by atoms with Crippen molar-refractivity contribution < 1.29 is 14.7 Å². The van der Waals surface area contributed by atoms with Gasteiger partial charge in [-0.1, -0.05) is 12.8 Å². The third kappa shape index (κ3) is 2.99. The molecule has 6 nitrogen and oxygen atoms in total. The van der Waals surface area contributed by atoms with Crippen LogP contribution in [0.3, 0.4) is 0 Å². The second-order valence-electron chi connectivity index (χ2n) is 5.81. The zero-order valence-electron chi connectivity index (χ0n) is 12.4. The molecule has 6 heteroatoms. The summed E-state index contributed by atoms with van der Waals surface area (Å²) in [6.07, 6.45) is 3.12. The van der Waals surface area contributed by atoms with Crippen LogP contribution in [0.15, 0.2) is 6.07 Å². The average molecular weight is 291 g/mol. The highest BCUT2D eigenvalue weighted by Crippen LogP contribution is 2.38. The molecule has 0 bridgehead atoms. The molecule has 114 valence electrons. The molecule has 1 aromatic heterocycles. The van der Waals surface area contributed by atoms with Crippen molar-refractivity contribution >= 4 is 17.7 Å². The summed E-state index contributed by atoms with van der Waals surface area (Å²) < 4.78 is 0. The van der Waals surface area contributed by atoms with Crippen LogP contribution in [0.5, 0.6) is 0 Å². The molecule has 1 aromatic rings. The van der Waals surface area contributed by atoms with Gasteiger partial charge in [0.2, 0.25) is 0 Å². The van der Waals surface area contributed by atoms with Gasteiger partial charge in [-0.2, -0.15) is 0 Å². The lowest BCUT2D eigenvalue weighted by Gasteiger charge is -2.25. The quantitative estimate of drug-likeness (QED) is 0.767. The Morgan fingerprint density at radius 3 is 2.52 bits per heavy atom. The van der Waals surface area contributed by atoms with Gasteiger partial charge in [-0.3, -0.25) is 9.59 Å². The van der Waals surface area contributed by atoms with Crippen LogP contribution < -0.4 is 11.1 Å². The van der Waals surface area contributed by atoms with E-state index in [1.807, 2.05) is 6.92 Å². The molecule has 1 heterocycles. The van der Waals surface area contributed by atoms with Crippen molar-refractivity contribution in [1.29, 1.82) is 0 Å². The number of carboxylic acids is 1. The SMILES string of the molecule is Cc1cc(C)c(C(N)=O)c(NCC2(C(=O)O)CCCC2)n1. The molecule has 0 saturated heterocycles. The molecular formula is C15H21N3O3. The van der Waals surface area contributed by atoms with E-state index in [9.17, 15) is 14.7 Å². The van der Waals surface area contributed by atoms with E-state index in [2.05, 4.69) is 10.3 Å². The van der Waals surface area contributed by atoms with E-state index in [1.54, 1.807) is 13.0 Å². The maximum atomic E-state index is 11.6. The fraction of sp³-hybridized carbons (Fsp3) is 0.533. The summed E-state index contributed by atoms with van der Waals surface area (Å²) in [7, 11) is 0. The van der Waals surface area contributed by atoms with Gasteiger partial charge in [0.05, 0.1) is 11.0 Å². The number of pyridine rings is 1. The Morgan fingerprint density at radius 1 is 1.38 bits per heavy atom. The molecule has 0 aliphatic heterocycles. The topological polar surface area (TPSA) is 105 Å². The first-order valence-corrected chi connectivity index (χ1v) is 7.11. The van der Waals surface area contributed by atoms with E-state index in [-0.39, 0.29) is 6.54 Å². The summed E-state index contributed by atoms with van der Waals surface area (Å²) in [6, 6.07) is 1.79. The van der Waals surface area contributed by atoms with Crippen molar-refractivity contribution in [2.75, 3.05) is 11.9 Å². The fourth-order valence-electron chi connectivity index (χ4n) is 3.05. The number of hydrogen-bond acceptors (Lipinski definition) is 4. The third-order valence-electron chi connectivity index (χ3n) is 4.20. The lowest BCUT2D eigenvalue weighted by Crippen LogP contribution is -2.36. The molecule has 1 fully saturated rings. The zero-order chi connectivity index (χ0) is 15.6. The minimum absolute atomic E-state index is 0.262. The predicted octanol–water partition coefficient (Wildman–Crippen LogP) is 1.85. The number of nitrogens with zero attached hydrogens (tertiary/aromatic N) is 1. The first-order chi connectivity index (χ1) is 9.85. The number of hydrogen-bond donors (Lipinski definition) is 3. The van der Waals surface area contributed by atoms with Gasteiger partial charge in [-0.05, 0) is 38.3 Å². The van der Waals surface area contributed by atoms with Gasteiger partial charge in [-0.15, -0.1) is 0 Å². The smallest absolute Gasteiger partial charge is 0.311 e. The standard InChI is InChI=1S/C15H21N3O3/c1-9-7-10(2)18-13(11(9)12(16)19)17-8-15(14(20)21)5-3-4-6-15/h7H,3-6,8H2,1-2H3,(H2,16,19)(H,17,18)(H,20,21). The molecule has 21 heavy (non-hydrogen) atoms. The Balaban J connectivity index is 2.27. The van der Waals surface area contributed by atoms with Crippen LogP contribution in [0.25, 0.3) is 0 Å². The highest BCUT2D eigenvalue weighted by molar-refractivity contribution is 5.99. The number of amides is 1. The van der Waals surface area contributed by atoms with Crippen LogP contribution in [0.4, 0.5) is 5.82 Å². The van der Waals surface area contributed by atoms with Gasteiger partial charge in [0.25, 0.3) is 5.91 Å². The highest BCUT2D eigenvalue weighted by Gasteiger charge is 2.41. The van der Waals surface area contributed by atoms with E-state index < -0.39 is 17.3 Å². The van der Waals surface area contributed by atoms with E-state index in [1.165, 1.54) is 0 Å². The van der Waals surface area contributed by atoms with Crippen LogP contribution >= 0.6 is 0 Å². The minimum Gasteiger partial charge on any atom is -0.481 e. The first kappa shape index (κ1) is 15.3. The van der Waals surface area contributed by atoms with E-state index in [0.29, 0.717) is 24.2 Å². The zero-order valence-corrected chi connectivity index (χ0v) is 12.4. The summed E-state index contributed by atoms with van der Waals surface area (Å²) in [5.74, 6) is -0.969. The molecule has 4 N–H and O–H groups in total. The van der Waals surface area contributed by atoms with E-state index in [4.69, 9.17) is 5.73 Å². The Bertz CT molecular complexity index is 578. The number of carbonyl (C=O) groups excluding carboxylic acids is 1.